The van der Waals surface area contributed by atoms with Crippen LogP contribution in [0.25, 0.3) is 0 Å². The number of ether oxygens (including phenoxy) is 2. The standard InChI is InChI=1S/C16H23FO3/c1-19-12-8-9-13(14(17)10-12)15(18)16(20-2)11-6-4-3-5-7-11/h8-11,15-16,18H,3-7H2,1-2H3. The number of rotatable bonds is 5. The third kappa shape index (κ3) is 3.30. The minimum Gasteiger partial charge on any atom is -0.497 e. The maximum Gasteiger partial charge on any atom is 0.132 e. The van der Waals surface area contributed by atoms with E-state index in [4.69, 9.17) is 9.47 Å². The van der Waals surface area contributed by atoms with Gasteiger partial charge in [-0.1, -0.05) is 19.3 Å². The number of aliphatic hydroxyl groups is 1. The molecule has 112 valence electrons. The Labute approximate surface area is 119 Å². The van der Waals surface area contributed by atoms with Crippen LogP contribution in [-0.2, 0) is 4.74 Å². The molecule has 1 aromatic carbocycles. The van der Waals surface area contributed by atoms with Crippen molar-refractivity contribution in [2.45, 2.75) is 44.3 Å². The lowest BCUT2D eigenvalue weighted by molar-refractivity contribution is -0.0571. The number of hydrogen-bond donors (Lipinski definition) is 1. The summed E-state index contributed by atoms with van der Waals surface area (Å²) in [5.74, 6) is 0.296. The average Bonchev–Trinajstić information content (AvgIpc) is 2.48. The molecule has 1 aliphatic rings. The van der Waals surface area contributed by atoms with Gasteiger partial charge in [-0.25, -0.2) is 4.39 Å². The van der Waals surface area contributed by atoms with Crippen LogP contribution >= 0.6 is 0 Å². The molecule has 0 radical (unpaired) electrons. The van der Waals surface area contributed by atoms with E-state index in [0.29, 0.717) is 11.7 Å². The summed E-state index contributed by atoms with van der Waals surface area (Å²) in [5.41, 5.74) is 0.281. The Kier molecular flexibility index (Phi) is 5.38. The Morgan fingerprint density at radius 3 is 2.45 bits per heavy atom. The molecule has 1 fully saturated rings. The zero-order valence-corrected chi connectivity index (χ0v) is 12.1. The zero-order chi connectivity index (χ0) is 14.5. The second-order valence-electron chi connectivity index (χ2n) is 5.43. The van der Waals surface area contributed by atoms with Gasteiger partial charge in [0.25, 0.3) is 0 Å². The van der Waals surface area contributed by atoms with E-state index in [9.17, 15) is 9.50 Å². The molecule has 0 amide bonds. The van der Waals surface area contributed by atoms with Crippen LogP contribution in [-0.4, -0.2) is 25.4 Å². The van der Waals surface area contributed by atoms with Crippen molar-refractivity contribution < 1.29 is 19.0 Å². The van der Waals surface area contributed by atoms with Gasteiger partial charge in [0.15, 0.2) is 0 Å². The molecule has 3 nitrogen and oxygen atoms in total. The lowest BCUT2D eigenvalue weighted by atomic mass is 9.82. The quantitative estimate of drug-likeness (QED) is 0.899. The normalized spacial score (nSPS) is 19.6. The monoisotopic (exact) mass is 282 g/mol. The van der Waals surface area contributed by atoms with Crippen LogP contribution in [0, 0.1) is 11.7 Å². The van der Waals surface area contributed by atoms with Crippen molar-refractivity contribution >= 4 is 0 Å². The maximum atomic E-state index is 14.1. The van der Waals surface area contributed by atoms with E-state index in [2.05, 4.69) is 0 Å². The predicted octanol–water partition coefficient (Wildman–Crippen LogP) is 3.46. The van der Waals surface area contributed by atoms with Crippen LogP contribution in [0.3, 0.4) is 0 Å². The third-order valence-electron chi connectivity index (χ3n) is 4.22. The van der Waals surface area contributed by atoms with E-state index >= 15 is 0 Å². The molecule has 1 aromatic rings. The van der Waals surface area contributed by atoms with E-state index in [1.165, 1.54) is 19.6 Å². The molecule has 0 saturated heterocycles. The second-order valence-corrected chi connectivity index (χ2v) is 5.43. The fraction of sp³-hybridized carbons (Fsp3) is 0.625. The number of methoxy groups -OCH3 is 2. The summed E-state index contributed by atoms with van der Waals surface area (Å²) in [6.07, 6.45) is 4.33. The highest BCUT2D eigenvalue weighted by atomic mass is 19.1. The summed E-state index contributed by atoms with van der Waals surface area (Å²) in [7, 11) is 3.08. The fourth-order valence-corrected chi connectivity index (χ4v) is 3.09. The van der Waals surface area contributed by atoms with E-state index in [1.54, 1.807) is 19.2 Å². The topological polar surface area (TPSA) is 38.7 Å². The van der Waals surface area contributed by atoms with E-state index in [1.807, 2.05) is 0 Å². The fourth-order valence-electron chi connectivity index (χ4n) is 3.09. The Balaban J connectivity index is 2.16. The third-order valence-corrected chi connectivity index (χ3v) is 4.22. The Hall–Kier alpha value is -1.13. The van der Waals surface area contributed by atoms with Crippen LogP contribution in [0.1, 0.15) is 43.8 Å². The summed E-state index contributed by atoms with van der Waals surface area (Å²) < 4.78 is 24.5. The lowest BCUT2D eigenvalue weighted by Crippen LogP contribution is -2.31. The van der Waals surface area contributed by atoms with Gasteiger partial charge in [0.05, 0.1) is 13.2 Å². The van der Waals surface area contributed by atoms with Gasteiger partial charge in [-0.2, -0.15) is 0 Å². The molecular weight excluding hydrogens is 259 g/mol. The molecule has 1 aliphatic carbocycles. The molecule has 1 N–H and O–H groups in total. The van der Waals surface area contributed by atoms with Gasteiger partial charge in [-0.05, 0) is 30.9 Å². The van der Waals surface area contributed by atoms with E-state index in [0.717, 1.165) is 25.7 Å². The van der Waals surface area contributed by atoms with E-state index < -0.39 is 11.9 Å². The summed E-state index contributed by atoms with van der Waals surface area (Å²) >= 11 is 0. The Morgan fingerprint density at radius 2 is 1.90 bits per heavy atom. The Bertz CT molecular complexity index is 430. The van der Waals surface area contributed by atoms with Crippen LogP contribution in [0.4, 0.5) is 4.39 Å². The first-order chi connectivity index (χ1) is 9.67. The molecule has 20 heavy (non-hydrogen) atoms. The van der Waals surface area contributed by atoms with Crippen molar-refractivity contribution in [3.05, 3.63) is 29.6 Å². The van der Waals surface area contributed by atoms with Gasteiger partial charge in [0.2, 0.25) is 0 Å². The minimum absolute atomic E-state index is 0.281. The molecule has 2 atom stereocenters. The van der Waals surface area contributed by atoms with Gasteiger partial charge < -0.3 is 14.6 Å². The smallest absolute Gasteiger partial charge is 0.132 e. The largest absolute Gasteiger partial charge is 0.497 e. The summed E-state index contributed by atoms with van der Waals surface area (Å²) in [6, 6.07) is 4.54. The molecule has 0 aliphatic heterocycles. The predicted molar refractivity (Wildman–Crippen MR) is 75.3 cm³/mol. The van der Waals surface area contributed by atoms with Crippen molar-refractivity contribution in [1.29, 1.82) is 0 Å². The minimum atomic E-state index is -0.936. The molecule has 2 rings (SSSR count). The molecule has 4 heteroatoms. The highest BCUT2D eigenvalue weighted by Gasteiger charge is 2.31. The van der Waals surface area contributed by atoms with Gasteiger partial charge >= 0.3 is 0 Å². The molecule has 0 bridgehead atoms. The van der Waals surface area contributed by atoms with Crippen LogP contribution in [0.2, 0.25) is 0 Å². The first kappa shape index (κ1) is 15.3. The Morgan fingerprint density at radius 1 is 1.20 bits per heavy atom. The van der Waals surface area contributed by atoms with Crippen molar-refractivity contribution in [3.8, 4) is 5.75 Å². The molecular formula is C16H23FO3. The summed E-state index contributed by atoms with van der Waals surface area (Å²) in [4.78, 5) is 0. The number of aliphatic hydroxyl groups excluding tert-OH is 1. The van der Waals surface area contributed by atoms with Gasteiger partial charge in [-0.15, -0.1) is 0 Å². The molecule has 0 spiro atoms. The summed E-state index contributed by atoms with van der Waals surface area (Å²) in [6.45, 7) is 0. The molecule has 0 aromatic heterocycles. The average molecular weight is 282 g/mol. The first-order valence-corrected chi connectivity index (χ1v) is 7.21. The SMILES string of the molecule is COc1ccc(C(O)C(OC)C2CCCCC2)c(F)c1. The highest BCUT2D eigenvalue weighted by molar-refractivity contribution is 5.30. The van der Waals surface area contributed by atoms with Gasteiger partial charge in [-0.3, -0.25) is 0 Å². The van der Waals surface area contributed by atoms with Crippen LogP contribution < -0.4 is 4.74 Å². The number of benzene rings is 1. The molecule has 2 unspecified atom stereocenters. The van der Waals surface area contributed by atoms with Crippen molar-refractivity contribution in [1.82, 2.24) is 0 Å². The maximum absolute atomic E-state index is 14.1. The van der Waals surface area contributed by atoms with Crippen LogP contribution in [0.15, 0.2) is 18.2 Å². The van der Waals surface area contributed by atoms with Crippen LogP contribution in [0.5, 0.6) is 5.75 Å². The van der Waals surface area contributed by atoms with E-state index in [-0.39, 0.29) is 11.7 Å². The highest BCUT2D eigenvalue weighted by Crippen LogP contribution is 2.35. The van der Waals surface area contributed by atoms with Crippen molar-refractivity contribution in [3.63, 3.8) is 0 Å². The van der Waals surface area contributed by atoms with Gasteiger partial charge in [0, 0.05) is 18.7 Å². The second kappa shape index (κ2) is 7.04. The summed E-state index contributed by atoms with van der Waals surface area (Å²) in [5, 5.41) is 10.5. The van der Waals surface area contributed by atoms with Gasteiger partial charge in [0.1, 0.15) is 17.7 Å². The number of halogens is 1. The molecule has 1 saturated carbocycles. The van der Waals surface area contributed by atoms with Crippen molar-refractivity contribution in [2.24, 2.45) is 5.92 Å². The van der Waals surface area contributed by atoms with Crippen molar-refractivity contribution in [2.75, 3.05) is 14.2 Å². The zero-order valence-electron chi connectivity index (χ0n) is 12.1. The number of hydrogen-bond acceptors (Lipinski definition) is 3. The lowest BCUT2D eigenvalue weighted by Gasteiger charge is -2.32. The first-order valence-electron chi connectivity index (χ1n) is 7.21. The molecule has 0 heterocycles.